The van der Waals surface area contributed by atoms with Crippen molar-refractivity contribution in [2.45, 2.75) is 26.8 Å². The zero-order valence-corrected chi connectivity index (χ0v) is 17.9. The Bertz CT molecular complexity index is 939. The number of carbonyl (C=O) groups is 2. The van der Waals surface area contributed by atoms with Gasteiger partial charge in [-0.3, -0.25) is 14.5 Å². The maximum atomic E-state index is 13.8. The number of ether oxygens (including phenoxy) is 1. The van der Waals surface area contributed by atoms with E-state index < -0.39 is 0 Å². The molecule has 1 N–H and O–H groups in total. The van der Waals surface area contributed by atoms with Crippen molar-refractivity contribution in [2.75, 3.05) is 38.6 Å². The smallest absolute Gasteiger partial charge is 0.254 e. The molecule has 0 radical (unpaired) electrons. The molecule has 1 heterocycles. The van der Waals surface area contributed by atoms with Crippen molar-refractivity contribution in [3.63, 3.8) is 0 Å². The molecule has 160 valence electrons. The van der Waals surface area contributed by atoms with Crippen molar-refractivity contribution in [2.24, 2.45) is 0 Å². The molecule has 2 aromatic rings. The predicted molar refractivity (Wildman–Crippen MR) is 114 cm³/mol. The summed E-state index contributed by atoms with van der Waals surface area (Å²) >= 11 is 0. The molecule has 1 fully saturated rings. The van der Waals surface area contributed by atoms with Crippen LogP contribution in [0.15, 0.2) is 36.4 Å². The van der Waals surface area contributed by atoms with E-state index in [9.17, 15) is 14.0 Å². The van der Waals surface area contributed by atoms with Gasteiger partial charge in [-0.1, -0.05) is 12.1 Å². The molecule has 1 aliphatic heterocycles. The fourth-order valence-electron chi connectivity index (χ4n) is 3.54. The summed E-state index contributed by atoms with van der Waals surface area (Å²) in [5, 5.41) is 2.94. The fraction of sp³-hybridized carbons (Fsp3) is 0.391. The second-order valence-electron chi connectivity index (χ2n) is 7.66. The van der Waals surface area contributed by atoms with E-state index in [1.165, 1.54) is 6.07 Å². The molecule has 1 atom stereocenters. The third-order valence-corrected chi connectivity index (χ3v) is 5.56. The van der Waals surface area contributed by atoms with Crippen molar-refractivity contribution < 1.29 is 18.7 Å². The molecule has 1 aliphatic rings. The van der Waals surface area contributed by atoms with Gasteiger partial charge in [-0.05, 0) is 56.2 Å². The number of hydrogen-bond donors (Lipinski definition) is 1. The van der Waals surface area contributed by atoms with Crippen molar-refractivity contribution in [3.05, 3.63) is 58.9 Å². The van der Waals surface area contributed by atoms with E-state index in [-0.39, 0.29) is 23.7 Å². The van der Waals surface area contributed by atoms with Crippen LogP contribution in [0.2, 0.25) is 0 Å². The van der Waals surface area contributed by atoms with E-state index in [4.69, 9.17) is 4.74 Å². The monoisotopic (exact) mass is 413 g/mol. The SMILES string of the molecule is COc1ccc(C)cc1NC(=O)C(C)N1CCN(C(=O)c2ccc(C)c(F)c2)CC1. The van der Waals surface area contributed by atoms with Gasteiger partial charge in [-0.15, -0.1) is 0 Å². The highest BCUT2D eigenvalue weighted by molar-refractivity contribution is 5.96. The number of rotatable bonds is 5. The molecule has 2 aromatic carbocycles. The molecule has 6 nitrogen and oxygen atoms in total. The summed E-state index contributed by atoms with van der Waals surface area (Å²) in [6.07, 6.45) is 0. The van der Waals surface area contributed by atoms with Crippen LogP contribution in [0.5, 0.6) is 5.75 Å². The van der Waals surface area contributed by atoms with Gasteiger partial charge in [0.1, 0.15) is 11.6 Å². The van der Waals surface area contributed by atoms with Crippen LogP contribution in [0.3, 0.4) is 0 Å². The molecule has 0 spiro atoms. The van der Waals surface area contributed by atoms with Gasteiger partial charge in [0.25, 0.3) is 5.91 Å². The van der Waals surface area contributed by atoms with E-state index in [1.54, 1.807) is 31.1 Å². The second kappa shape index (κ2) is 9.26. The molecule has 1 saturated heterocycles. The van der Waals surface area contributed by atoms with Crippen LogP contribution in [0, 0.1) is 19.7 Å². The maximum absolute atomic E-state index is 13.8. The molecule has 2 amide bonds. The minimum absolute atomic E-state index is 0.126. The second-order valence-corrected chi connectivity index (χ2v) is 7.66. The number of amides is 2. The summed E-state index contributed by atoms with van der Waals surface area (Å²) in [7, 11) is 1.57. The van der Waals surface area contributed by atoms with Crippen LogP contribution >= 0.6 is 0 Å². The molecular weight excluding hydrogens is 385 g/mol. The minimum Gasteiger partial charge on any atom is -0.495 e. The van der Waals surface area contributed by atoms with Gasteiger partial charge in [-0.25, -0.2) is 4.39 Å². The highest BCUT2D eigenvalue weighted by Gasteiger charge is 2.28. The van der Waals surface area contributed by atoms with Gasteiger partial charge in [0.2, 0.25) is 5.91 Å². The number of nitrogens with zero attached hydrogens (tertiary/aromatic N) is 2. The summed E-state index contributed by atoms with van der Waals surface area (Å²) in [6, 6.07) is 9.82. The Morgan fingerprint density at radius 2 is 1.77 bits per heavy atom. The summed E-state index contributed by atoms with van der Waals surface area (Å²) in [6.45, 7) is 7.58. The zero-order chi connectivity index (χ0) is 21.8. The maximum Gasteiger partial charge on any atom is 0.254 e. The van der Waals surface area contributed by atoms with Crippen molar-refractivity contribution >= 4 is 17.5 Å². The van der Waals surface area contributed by atoms with Crippen molar-refractivity contribution in [3.8, 4) is 5.75 Å². The standard InChI is InChI=1S/C23H28FN3O3/c1-15-5-8-21(30-4)20(13-15)25-22(28)17(3)26-9-11-27(12-10-26)23(29)18-7-6-16(2)19(24)14-18/h5-8,13-14,17H,9-12H2,1-4H3,(H,25,28). The first-order valence-corrected chi connectivity index (χ1v) is 10.0. The van der Waals surface area contributed by atoms with E-state index >= 15 is 0 Å². The minimum atomic E-state index is -0.378. The molecule has 30 heavy (non-hydrogen) atoms. The summed E-state index contributed by atoms with van der Waals surface area (Å²) in [5.74, 6) is -0.0762. The average molecular weight is 413 g/mol. The van der Waals surface area contributed by atoms with E-state index in [0.717, 1.165) is 5.56 Å². The number of benzene rings is 2. The van der Waals surface area contributed by atoms with Crippen LogP contribution in [-0.4, -0.2) is 60.9 Å². The first-order chi connectivity index (χ1) is 14.3. The van der Waals surface area contributed by atoms with Crippen LogP contribution in [0.1, 0.15) is 28.4 Å². The Labute approximate surface area is 176 Å². The lowest BCUT2D eigenvalue weighted by molar-refractivity contribution is -0.121. The average Bonchev–Trinajstić information content (AvgIpc) is 2.75. The van der Waals surface area contributed by atoms with Gasteiger partial charge in [0, 0.05) is 31.7 Å². The molecule has 0 aliphatic carbocycles. The van der Waals surface area contributed by atoms with E-state index in [0.29, 0.717) is 48.7 Å². The van der Waals surface area contributed by atoms with Crippen molar-refractivity contribution in [1.29, 1.82) is 0 Å². The molecular formula is C23H28FN3O3. The highest BCUT2D eigenvalue weighted by atomic mass is 19.1. The zero-order valence-electron chi connectivity index (χ0n) is 17.9. The first-order valence-electron chi connectivity index (χ1n) is 10.0. The number of piperazine rings is 1. The molecule has 0 aromatic heterocycles. The van der Waals surface area contributed by atoms with Gasteiger partial charge < -0.3 is 15.0 Å². The molecule has 0 bridgehead atoms. The Morgan fingerprint density at radius 1 is 1.07 bits per heavy atom. The number of halogens is 1. The summed E-state index contributed by atoms with van der Waals surface area (Å²) in [4.78, 5) is 29.2. The van der Waals surface area contributed by atoms with Gasteiger partial charge in [0.05, 0.1) is 18.8 Å². The fourth-order valence-corrected chi connectivity index (χ4v) is 3.54. The Morgan fingerprint density at radius 3 is 2.40 bits per heavy atom. The Balaban J connectivity index is 1.59. The van der Waals surface area contributed by atoms with Crippen LogP contribution in [-0.2, 0) is 4.79 Å². The number of aryl methyl sites for hydroxylation is 2. The van der Waals surface area contributed by atoms with Crippen molar-refractivity contribution in [1.82, 2.24) is 9.80 Å². The third kappa shape index (κ3) is 4.79. The van der Waals surface area contributed by atoms with Gasteiger partial charge in [0.15, 0.2) is 0 Å². The molecule has 0 saturated carbocycles. The largest absolute Gasteiger partial charge is 0.495 e. The molecule has 3 rings (SSSR count). The lowest BCUT2D eigenvalue weighted by Crippen LogP contribution is -2.54. The number of carbonyl (C=O) groups excluding carboxylic acids is 2. The number of nitrogens with one attached hydrogen (secondary N) is 1. The lowest BCUT2D eigenvalue weighted by Gasteiger charge is -2.37. The van der Waals surface area contributed by atoms with Crippen LogP contribution < -0.4 is 10.1 Å². The predicted octanol–water partition coefficient (Wildman–Crippen LogP) is 3.24. The van der Waals surface area contributed by atoms with E-state index in [2.05, 4.69) is 5.32 Å². The number of methoxy groups -OCH3 is 1. The van der Waals surface area contributed by atoms with Crippen LogP contribution in [0.4, 0.5) is 10.1 Å². The molecule has 7 heteroatoms. The third-order valence-electron chi connectivity index (χ3n) is 5.56. The number of anilines is 1. The topological polar surface area (TPSA) is 61.9 Å². The molecule has 1 unspecified atom stereocenters. The van der Waals surface area contributed by atoms with Crippen LogP contribution in [0.25, 0.3) is 0 Å². The van der Waals surface area contributed by atoms with E-state index in [1.807, 2.05) is 36.9 Å². The van der Waals surface area contributed by atoms with Gasteiger partial charge >= 0.3 is 0 Å². The Kier molecular flexibility index (Phi) is 6.72. The van der Waals surface area contributed by atoms with Gasteiger partial charge in [-0.2, -0.15) is 0 Å². The highest BCUT2D eigenvalue weighted by Crippen LogP contribution is 2.25. The normalized spacial score (nSPS) is 15.6. The summed E-state index contributed by atoms with van der Waals surface area (Å²) in [5.41, 5.74) is 2.54. The lowest BCUT2D eigenvalue weighted by atomic mass is 10.1. The first kappa shape index (κ1) is 21.8. The number of hydrogen-bond acceptors (Lipinski definition) is 4. The Hall–Kier alpha value is -2.93. The quantitative estimate of drug-likeness (QED) is 0.818. The summed E-state index contributed by atoms with van der Waals surface area (Å²) < 4.78 is 19.1.